The molecule has 0 unspecified atom stereocenters. The van der Waals surface area contributed by atoms with Crippen LogP contribution in [0, 0.1) is 29.5 Å². The molecule has 1 aromatic carbocycles. The number of piperidine rings is 1. The molecule has 2 saturated heterocycles. The molecule has 1 N–H and O–H groups in total. The van der Waals surface area contributed by atoms with Crippen LogP contribution >= 0.6 is 0 Å². The molecule has 2 aliphatic heterocycles. The van der Waals surface area contributed by atoms with Gasteiger partial charge in [0.1, 0.15) is 11.9 Å². The van der Waals surface area contributed by atoms with Crippen LogP contribution in [0.3, 0.4) is 0 Å². The van der Waals surface area contributed by atoms with Gasteiger partial charge >= 0.3 is 12.1 Å². The number of likely N-dealkylation sites (tertiary alicyclic amines) is 1. The van der Waals surface area contributed by atoms with Crippen LogP contribution in [0.5, 0.6) is 0 Å². The van der Waals surface area contributed by atoms with Gasteiger partial charge in [0.15, 0.2) is 5.60 Å². The van der Waals surface area contributed by atoms with Gasteiger partial charge in [0, 0.05) is 30.8 Å². The minimum atomic E-state index is -1.58. The number of hydrogen-bond donors (Lipinski definition) is 1. The Balaban J connectivity index is 1.40. The molecular formula is C28H31FN2O5. The van der Waals surface area contributed by atoms with Crippen molar-refractivity contribution in [3.63, 3.8) is 0 Å². The van der Waals surface area contributed by atoms with E-state index in [1.54, 1.807) is 24.1 Å². The van der Waals surface area contributed by atoms with Crippen LogP contribution in [-0.2, 0) is 14.3 Å². The largest absolute Gasteiger partial charge is 0.460 e. The van der Waals surface area contributed by atoms with E-state index in [9.17, 15) is 19.1 Å². The summed E-state index contributed by atoms with van der Waals surface area (Å²) < 4.78 is 24.3. The average Bonchev–Trinajstić information content (AvgIpc) is 3.09. The molecule has 7 nitrogen and oxygen atoms in total. The van der Waals surface area contributed by atoms with Crippen LogP contribution in [0.25, 0.3) is 17.2 Å². The number of nitrogens with zero attached hydrogens (tertiary/aromatic N) is 2. The number of esters is 1. The number of halogens is 1. The smallest absolute Gasteiger partial charge is 0.409 e. The van der Waals surface area contributed by atoms with Gasteiger partial charge in [-0.05, 0) is 74.3 Å². The number of carbonyl (C=O) groups is 2. The third kappa shape index (κ3) is 4.39. The normalized spacial score (nSPS) is 31.6. The minimum absolute atomic E-state index is 0.0554. The third-order valence-corrected chi connectivity index (χ3v) is 7.94. The second-order valence-corrected chi connectivity index (χ2v) is 10.0. The molecule has 1 saturated carbocycles. The zero-order chi connectivity index (χ0) is 25.4. The van der Waals surface area contributed by atoms with Gasteiger partial charge in [0.25, 0.3) is 0 Å². The van der Waals surface area contributed by atoms with Gasteiger partial charge in [-0.2, -0.15) is 0 Å². The van der Waals surface area contributed by atoms with E-state index >= 15 is 0 Å². The fourth-order valence-electron chi connectivity index (χ4n) is 6.35. The maximum atomic E-state index is 13.6. The molecule has 8 heteroatoms. The summed E-state index contributed by atoms with van der Waals surface area (Å²) in [7, 11) is 0. The highest BCUT2D eigenvalue weighted by molar-refractivity contribution is 5.82. The number of carbonyl (C=O) groups excluding carboxylic acids is 2. The van der Waals surface area contributed by atoms with Gasteiger partial charge in [-0.1, -0.05) is 24.3 Å². The number of benzene rings is 1. The SMILES string of the molecule is CCOC(=O)N1CC[C@@H]2[C@@H](C1)C[C@@]1(O)C(=O)O[C@H](C)[C@H]1[C@H]2C=Cc1ccc(-c2cccc(F)c2)cn1. The number of amides is 1. The van der Waals surface area contributed by atoms with E-state index in [2.05, 4.69) is 4.98 Å². The number of aromatic nitrogens is 1. The quantitative estimate of drug-likeness (QED) is 0.638. The molecule has 1 amide bonds. The van der Waals surface area contributed by atoms with Gasteiger partial charge < -0.3 is 19.5 Å². The number of cyclic esters (lactones) is 1. The summed E-state index contributed by atoms with van der Waals surface area (Å²) in [6.45, 7) is 4.91. The van der Waals surface area contributed by atoms with Crippen molar-refractivity contribution in [2.24, 2.45) is 23.7 Å². The Morgan fingerprint density at radius 3 is 2.89 bits per heavy atom. The first-order valence-electron chi connectivity index (χ1n) is 12.6. The molecular weight excluding hydrogens is 463 g/mol. The van der Waals surface area contributed by atoms with E-state index in [0.717, 1.165) is 23.2 Å². The second-order valence-electron chi connectivity index (χ2n) is 10.0. The zero-order valence-corrected chi connectivity index (χ0v) is 20.5. The minimum Gasteiger partial charge on any atom is -0.460 e. The summed E-state index contributed by atoms with van der Waals surface area (Å²) in [5.74, 6) is -1.25. The topological polar surface area (TPSA) is 89.0 Å². The van der Waals surface area contributed by atoms with Crippen LogP contribution in [0.4, 0.5) is 9.18 Å². The fourth-order valence-corrected chi connectivity index (χ4v) is 6.35. The maximum absolute atomic E-state index is 13.6. The van der Waals surface area contributed by atoms with Crippen LogP contribution in [0.15, 0.2) is 48.7 Å². The highest BCUT2D eigenvalue weighted by atomic mass is 19.1. The Morgan fingerprint density at radius 1 is 1.33 bits per heavy atom. The first kappa shape index (κ1) is 24.4. The molecule has 2 aromatic rings. The van der Waals surface area contributed by atoms with Crippen molar-refractivity contribution < 1.29 is 28.6 Å². The highest BCUT2D eigenvalue weighted by Gasteiger charge is 2.63. The molecule has 5 rings (SSSR count). The van der Waals surface area contributed by atoms with Gasteiger partial charge in [-0.25, -0.2) is 14.0 Å². The molecule has 3 heterocycles. The number of hydrogen-bond acceptors (Lipinski definition) is 6. The van der Waals surface area contributed by atoms with E-state index in [0.29, 0.717) is 19.7 Å². The van der Waals surface area contributed by atoms with Crippen LogP contribution in [0.1, 0.15) is 32.4 Å². The number of aliphatic hydroxyl groups is 1. The Hall–Kier alpha value is -3.26. The van der Waals surface area contributed by atoms with Gasteiger partial charge in [0.2, 0.25) is 0 Å². The summed E-state index contributed by atoms with van der Waals surface area (Å²) in [6, 6.07) is 10.1. The Kier molecular flexibility index (Phi) is 6.55. The molecule has 36 heavy (non-hydrogen) atoms. The van der Waals surface area contributed by atoms with Crippen molar-refractivity contribution in [2.75, 3.05) is 19.7 Å². The monoisotopic (exact) mass is 494 g/mol. The molecule has 3 aliphatic rings. The Labute approximate surface area is 209 Å². The fraction of sp³-hybridized carbons (Fsp3) is 0.464. The van der Waals surface area contributed by atoms with Crippen molar-refractivity contribution in [3.05, 3.63) is 60.2 Å². The number of pyridine rings is 1. The zero-order valence-electron chi connectivity index (χ0n) is 20.5. The molecule has 190 valence electrons. The molecule has 0 radical (unpaired) electrons. The Bertz CT molecular complexity index is 1170. The predicted octanol–water partition coefficient (Wildman–Crippen LogP) is 4.31. The lowest BCUT2D eigenvalue weighted by molar-refractivity contribution is -0.162. The van der Waals surface area contributed by atoms with E-state index in [1.807, 2.05) is 37.3 Å². The summed E-state index contributed by atoms with van der Waals surface area (Å²) in [5, 5.41) is 11.5. The molecule has 3 fully saturated rings. The number of fused-ring (bicyclic) bond motifs is 2. The lowest BCUT2D eigenvalue weighted by Crippen LogP contribution is -2.58. The van der Waals surface area contributed by atoms with Crippen molar-refractivity contribution in [2.45, 2.75) is 38.4 Å². The van der Waals surface area contributed by atoms with Crippen molar-refractivity contribution in [3.8, 4) is 11.1 Å². The van der Waals surface area contributed by atoms with Gasteiger partial charge in [0.05, 0.1) is 12.3 Å². The van der Waals surface area contributed by atoms with Gasteiger partial charge in [-0.3, -0.25) is 4.98 Å². The lowest BCUT2D eigenvalue weighted by Gasteiger charge is -2.50. The van der Waals surface area contributed by atoms with Crippen LogP contribution < -0.4 is 0 Å². The van der Waals surface area contributed by atoms with E-state index in [4.69, 9.17) is 9.47 Å². The van der Waals surface area contributed by atoms with E-state index in [-0.39, 0.29) is 42.0 Å². The first-order chi connectivity index (χ1) is 17.3. The number of ether oxygens (including phenoxy) is 2. The summed E-state index contributed by atoms with van der Waals surface area (Å²) in [5.41, 5.74) is 0.709. The Morgan fingerprint density at radius 2 is 2.17 bits per heavy atom. The maximum Gasteiger partial charge on any atom is 0.409 e. The first-order valence-corrected chi connectivity index (χ1v) is 12.6. The lowest BCUT2D eigenvalue weighted by atomic mass is 9.57. The van der Waals surface area contributed by atoms with Gasteiger partial charge in [-0.15, -0.1) is 0 Å². The third-order valence-electron chi connectivity index (χ3n) is 7.94. The van der Waals surface area contributed by atoms with E-state index in [1.165, 1.54) is 12.1 Å². The van der Waals surface area contributed by atoms with Crippen molar-refractivity contribution in [1.82, 2.24) is 9.88 Å². The second kappa shape index (κ2) is 9.65. The standard InChI is InChI=1S/C28H31FN2O5/c1-3-35-27(33)31-12-11-23-20(16-31)14-28(34)25(17(2)36-26(28)32)24(23)10-9-22-8-7-19(15-30-22)18-5-4-6-21(29)13-18/h4-10,13,15,17,20,23-25,34H,3,11-12,14,16H2,1-2H3/t17-,20-,23-,24+,25+,28+/m1/s1. The predicted molar refractivity (Wildman–Crippen MR) is 131 cm³/mol. The molecule has 0 spiro atoms. The summed E-state index contributed by atoms with van der Waals surface area (Å²) >= 11 is 0. The molecule has 1 aliphatic carbocycles. The van der Waals surface area contributed by atoms with Crippen molar-refractivity contribution in [1.29, 1.82) is 0 Å². The number of rotatable bonds is 4. The van der Waals surface area contributed by atoms with Crippen molar-refractivity contribution >= 4 is 18.1 Å². The molecule has 1 aromatic heterocycles. The molecule has 6 atom stereocenters. The number of allylic oxidation sites excluding steroid dienone is 1. The highest BCUT2D eigenvalue weighted by Crippen LogP contribution is 2.53. The van der Waals surface area contributed by atoms with E-state index < -0.39 is 17.7 Å². The molecule has 0 bridgehead atoms. The van der Waals surface area contributed by atoms with Crippen LogP contribution in [0.2, 0.25) is 0 Å². The van der Waals surface area contributed by atoms with Crippen LogP contribution in [-0.4, -0.2) is 58.5 Å². The summed E-state index contributed by atoms with van der Waals surface area (Å²) in [4.78, 5) is 31.3. The average molecular weight is 495 g/mol. The summed E-state index contributed by atoms with van der Waals surface area (Å²) in [6.07, 6.45) is 5.90.